The standard InChI is InChI=1S/C29H53NO8.C27H45N3O12.2H2/c1-37-23-24-38-22-16-17-25(31)20-21-26(29(35)36)30-27(32)18-14-12-10-8-6-4-2-3-5-7-9-11-13-15-19-28(33)34;1-3-22(32)29-12-13-41-14-15-42-17-24(34)30-21(27(39)40)9-8-20(31)16-19(26(37)38)7-10-23(33)28-11-5-4-6-18(2)25(35)36;;/h26H,2-24H2,1H3,(H,30,32)(H,33,34)(H,35,36);18-19,21H,3-17H2,1-2H3,(H,28,33)(H,29,32)(H,30,34)(H,35,36)(H,37,38)(H,39,40);2*1H/t26-;18-,19+,21-;;/m00../s1. The van der Waals surface area contributed by atoms with E-state index in [0.717, 1.165) is 44.9 Å². The maximum absolute atomic E-state index is 12.4. The zero-order chi connectivity index (χ0) is 60.2. The van der Waals surface area contributed by atoms with E-state index in [4.69, 9.17) is 29.2 Å². The molecule has 4 atom stereocenters. The number of methoxy groups -OCH3 is 1. The van der Waals surface area contributed by atoms with E-state index < -0.39 is 72.1 Å². The normalized spacial score (nSPS) is 12.4. The number of carbonyl (C=O) groups excluding carboxylic acids is 6. The van der Waals surface area contributed by atoms with Crippen LogP contribution in [0.3, 0.4) is 0 Å². The van der Waals surface area contributed by atoms with Crippen LogP contribution in [0, 0.1) is 11.8 Å². The van der Waals surface area contributed by atoms with Crippen LogP contribution in [0.2, 0.25) is 0 Å². The number of Topliss-reactive ketones (excluding diaryl/α,β-unsaturated/α-hetero) is 2. The van der Waals surface area contributed by atoms with E-state index in [1.165, 1.54) is 44.9 Å². The van der Waals surface area contributed by atoms with Gasteiger partial charge in [0.15, 0.2) is 0 Å². The zero-order valence-corrected chi connectivity index (χ0v) is 48.0. The number of ketones is 2. The number of nitrogens with one attached hydrogen (secondary N) is 4. The van der Waals surface area contributed by atoms with E-state index in [1.807, 2.05) is 0 Å². The van der Waals surface area contributed by atoms with E-state index in [-0.39, 0.29) is 97.5 Å². The van der Waals surface area contributed by atoms with Gasteiger partial charge in [-0.3, -0.25) is 43.2 Å². The maximum atomic E-state index is 12.4. The summed E-state index contributed by atoms with van der Waals surface area (Å²) in [5.41, 5.74) is 0. The number of carboxylic acids is 5. The first kappa shape index (κ1) is 76.5. The Morgan fingerprint density at radius 2 is 0.912 bits per heavy atom. The summed E-state index contributed by atoms with van der Waals surface area (Å²) in [4.78, 5) is 127. The third-order valence-corrected chi connectivity index (χ3v) is 12.8. The first-order chi connectivity index (χ1) is 38.2. The number of unbranched alkanes of at least 4 members (excludes halogenated alkanes) is 14. The van der Waals surface area contributed by atoms with Gasteiger partial charge in [-0.15, -0.1) is 0 Å². The summed E-state index contributed by atoms with van der Waals surface area (Å²) in [6, 6.07) is -2.41. The molecule has 0 aliphatic carbocycles. The maximum Gasteiger partial charge on any atom is 0.326 e. The molecule has 24 nitrogen and oxygen atoms in total. The van der Waals surface area contributed by atoms with Gasteiger partial charge in [0.2, 0.25) is 23.6 Å². The van der Waals surface area contributed by atoms with Gasteiger partial charge in [-0.1, -0.05) is 97.3 Å². The Bertz CT molecular complexity index is 1780. The van der Waals surface area contributed by atoms with Gasteiger partial charge >= 0.3 is 29.8 Å². The molecule has 0 aromatic carbocycles. The van der Waals surface area contributed by atoms with Gasteiger partial charge in [-0.2, -0.15) is 0 Å². The SMILES string of the molecule is CCC(=O)NCCOCCOCC(=O)N[C@@H](CCC(=O)C[C@@H](CCC(=O)NCCCC[C@H](C)C(=O)O)C(=O)O)C(=O)O.COCCOCCCC(=O)CC[C@H](NC(=O)CCCCCCCCCCCCCCCCC(=O)O)C(=O)O.[HH].[HH]. The second-order valence-electron chi connectivity index (χ2n) is 19.9. The smallest absolute Gasteiger partial charge is 0.326 e. The van der Waals surface area contributed by atoms with Crippen molar-refractivity contribution in [1.29, 1.82) is 0 Å². The highest BCUT2D eigenvalue weighted by Crippen LogP contribution is 2.17. The summed E-state index contributed by atoms with van der Waals surface area (Å²) in [5, 5.41) is 55.7. The fourth-order valence-electron chi connectivity index (χ4n) is 7.83. The zero-order valence-electron chi connectivity index (χ0n) is 48.0. The lowest BCUT2D eigenvalue weighted by Gasteiger charge is -2.15. The second kappa shape index (κ2) is 52.8. The Hall–Kier alpha value is -5.59. The van der Waals surface area contributed by atoms with E-state index >= 15 is 0 Å². The molecule has 0 unspecified atom stereocenters. The lowest BCUT2D eigenvalue weighted by Crippen LogP contribution is -2.43. The van der Waals surface area contributed by atoms with Crippen LogP contribution < -0.4 is 21.3 Å². The summed E-state index contributed by atoms with van der Waals surface area (Å²) >= 11 is 0. The number of carboxylic acid groups (broad SMARTS) is 5. The highest BCUT2D eigenvalue weighted by Gasteiger charge is 2.26. The van der Waals surface area contributed by atoms with Gasteiger partial charge in [0.25, 0.3) is 0 Å². The molecule has 0 radical (unpaired) electrons. The van der Waals surface area contributed by atoms with Crippen LogP contribution >= 0.6 is 0 Å². The minimum absolute atomic E-state index is 0. The van der Waals surface area contributed by atoms with E-state index in [2.05, 4.69) is 21.3 Å². The molecule has 9 N–H and O–H groups in total. The Morgan fingerprint density at radius 3 is 1.44 bits per heavy atom. The number of hydrogen-bond donors (Lipinski definition) is 9. The van der Waals surface area contributed by atoms with E-state index in [0.29, 0.717) is 77.9 Å². The second-order valence-corrected chi connectivity index (χ2v) is 19.9. The highest BCUT2D eigenvalue weighted by atomic mass is 16.5. The van der Waals surface area contributed by atoms with Crippen molar-refractivity contribution < 1.29 is 100 Å². The Balaban J connectivity index is -0.000000728. The molecule has 0 heterocycles. The number of ether oxygens (including phenoxy) is 4. The predicted octanol–water partition coefficient (Wildman–Crippen LogP) is 6.51. The van der Waals surface area contributed by atoms with Crippen molar-refractivity contribution in [2.24, 2.45) is 11.8 Å². The number of rotatable bonds is 55. The Morgan fingerprint density at radius 1 is 0.412 bits per heavy atom. The van der Waals surface area contributed by atoms with Crippen molar-refractivity contribution in [2.45, 2.75) is 212 Å². The molecule has 0 saturated carbocycles. The average molecular weight is 1150 g/mol. The molecule has 0 rings (SSSR count). The third-order valence-electron chi connectivity index (χ3n) is 12.8. The van der Waals surface area contributed by atoms with Crippen molar-refractivity contribution >= 4 is 65.0 Å². The van der Waals surface area contributed by atoms with Crippen LogP contribution in [0.5, 0.6) is 0 Å². The minimum Gasteiger partial charge on any atom is -0.481 e. The molecule has 466 valence electrons. The van der Waals surface area contributed by atoms with Crippen molar-refractivity contribution in [3.8, 4) is 0 Å². The largest absolute Gasteiger partial charge is 0.481 e. The Labute approximate surface area is 475 Å². The molecule has 0 aliphatic rings. The molecule has 0 saturated heterocycles. The molecule has 0 bridgehead atoms. The summed E-state index contributed by atoms with van der Waals surface area (Å²) in [7, 11) is 1.59. The predicted molar refractivity (Wildman–Crippen MR) is 299 cm³/mol. The number of amides is 4. The van der Waals surface area contributed by atoms with Crippen LogP contribution in [-0.2, 0) is 71.7 Å². The average Bonchev–Trinajstić information content (AvgIpc) is 3.40. The van der Waals surface area contributed by atoms with Gasteiger partial charge in [0.05, 0.1) is 44.9 Å². The number of carbonyl (C=O) groups is 11. The topological polar surface area (TPSA) is 374 Å². The molecular weight excluding hydrogens is 1050 g/mol. The fourth-order valence-corrected chi connectivity index (χ4v) is 7.83. The Kier molecular flexibility index (Phi) is 50.4. The lowest BCUT2D eigenvalue weighted by atomic mass is 9.94. The first-order valence-electron chi connectivity index (χ1n) is 28.7. The van der Waals surface area contributed by atoms with Crippen LogP contribution in [0.4, 0.5) is 0 Å². The molecule has 0 aliphatic heterocycles. The quantitative estimate of drug-likeness (QED) is 0.0293. The van der Waals surface area contributed by atoms with Crippen LogP contribution in [0.25, 0.3) is 0 Å². The molecule has 0 aromatic rings. The van der Waals surface area contributed by atoms with Gasteiger partial charge in [0, 0.05) is 81.0 Å². The summed E-state index contributed by atoms with van der Waals surface area (Å²) in [6.45, 7) is 5.51. The molecule has 0 spiro atoms. The summed E-state index contributed by atoms with van der Waals surface area (Å²) in [6.07, 6.45) is 18.2. The van der Waals surface area contributed by atoms with Gasteiger partial charge in [0.1, 0.15) is 30.3 Å². The first-order valence-corrected chi connectivity index (χ1v) is 28.7. The lowest BCUT2D eigenvalue weighted by molar-refractivity contribution is -0.145. The minimum atomic E-state index is -1.38. The molecule has 24 heteroatoms. The molecule has 4 amide bonds. The fraction of sp³-hybridized carbons (Fsp3) is 0.804. The summed E-state index contributed by atoms with van der Waals surface area (Å²) in [5.74, 6) is -8.91. The van der Waals surface area contributed by atoms with Gasteiger partial charge in [-0.05, 0) is 51.4 Å². The number of hydrogen-bond acceptors (Lipinski definition) is 15. The van der Waals surface area contributed by atoms with Crippen molar-refractivity contribution in [2.75, 3.05) is 66.4 Å². The number of aliphatic carboxylic acids is 5. The monoisotopic (exact) mass is 1150 g/mol. The highest BCUT2D eigenvalue weighted by molar-refractivity contribution is 5.87. The van der Waals surface area contributed by atoms with Crippen LogP contribution in [0.15, 0.2) is 0 Å². The summed E-state index contributed by atoms with van der Waals surface area (Å²) < 4.78 is 20.5. The molecule has 0 aromatic heterocycles. The molecule has 0 fully saturated rings. The molecular formula is C56H102N4O20. The van der Waals surface area contributed by atoms with Crippen LogP contribution in [0.1, 0.15) is 203 Å². The van der Waals surface area contributed by atoms with Gasteiger partial charge < -0.3 is 65.7 Å². The van der Waals surface area contributed by atoms with E-state index in [9.17, 15) is 68.1 Å². The van der Waals surface area contributed by atoms with Crippen LogP contribution in [-0.4, -0.2) is 169 Å². The van der Waals surface area contributed by atoms with Crippen molar-refractivity contribution in [3.63, 3.8) is 0 Å². The third kappa shape index (κ3) is 50.6. The van der Waals surface area contributed by atoms with Crippen molar-refractivity contribution in [3.05, 3.63) is 0 Å². The van der Waals surface area contributed by atoms with Crippen molar-refractivity contribution in [1.82, 2.24) is 21.3 Å². The van der Waals surface area contributed by atoms with E-state index in [1.54, 1.807) is 21.0 Å². The van der Waals surface area contributed by atoms with Gasteiger partial charge in [-0.25, -0.2) is 9.59 Å². The molecule has 80 heavy (non-hydrogen) atoms.